The minimum Gasteiger partial charge on any atom is -0.509 e. The van der Waals surface area contributed by atoms with Crippen molar-refractivity contribution in [2.24, 2.45) is 0 Å². The second-order valence-electron chi connectivity index (χ2n) is 8.57. The molecule has 0 aliphatic heterocycles. The highest BCUT2D eigenvalue weighted by Gasteiger charge is 2.34. The van der Waals surface area contributed by atoms with Gasteiger partial charge in [0, 0.05) is 18.3 Å². The summed E-state index contributed by atoms with van der Waals surface area (Å²) in [6.45, 7) is 4.09. The number of carbonyl (C=O) groups excluding carboxylic acids is 1. The third-order valence-corrected chi connectivity index (χ3v) is 7.89. The van der Waals surface area contributed by atoms with Crippen molar-refractivity contribution in [2.45, 2.75) is 39.0 Å². The average Bonchev–Trinajstić information content (AvgIpc) is 3.58. The Kier molecular flexibility index (Phi) is 6.86. The van der Waals surface area contributed by atoms with E-state index >= 15 is 0 Å². The number of fused-ring (bicyclic) bond motifs is 1. The summed E-state index contributed by atoms with van der Waals surface area (Å²) < 4.78 is 1.05. The van der Waals surface area contributed by atoms with Crippen molar-refractivity contribution < 1.29 is 15.0 Å². The lowest BCUT2D eigenvalue weighted by Gasteiger charge is -2.21. The molecule has 0 spiro atoms. The van der Waals surface area contributed by atoms with E-state index in [0.717, 1.165) is 31.4 Å². The summed E-state index contributed by atoms with van der Waals surface area (Å²) in [7, 11) is 0. The van der Waals surface area contributed by atoms with Gasteiger partial charge < -0.3 is 26.2 Å². The summed E-state index contributed by atoms with van der Waals surface area (Å²) in [5.74, 6) is 0.654. The molecule has 3 aromatic heterocycles. The lowest BCUT2D eigenvalue weighted by Crippen LogP contribution is -2.31. The number of amides is 1. The summed E-state index contributed by atoms with van der Waals surface area (Å²) in [4.78, 5) is 26.7. The van der Waals surface area contributed by atoms with Crippen molar-refractivity contribution in [2.75, 3.05) is 17.2 Å². The molecule has 1 aromatic carbocycles. The van der Waals surface area contributed by atoms with E-state index in [1.165, 1.54) is 6.92 Å². The maximum Gasteiger partial charge on any atom is 0.225 e. The van der Waals surface area contributed by atoms with E-state index in [9.17, 15) is 15.0 Å². The van der Waals surface area contributed by atoms with Crippen LogP contribution in [0.3, 0.4) is 0 Å². The molecule has 1 aliphatic carbocycles. The monoisotopic (exact) mass is 522 g/mol. The summed E-state index contributed by atoms with van der Waals surface area (Å²) in [5, 5.41) is 33.3. The van der Waals surface area contributed by atoms with E-state index in [2.05, 4.69) is 16.0 Å². The predicted molar refractivity (Wildman–Crippen MR) is 143 cm³/mol. The Morgan fingerprint density at radius 2 is 1.97 bits per heavy atom. The molecule has 9 nitrogen and oxygen atoms in total. The lowest BCUT2D eigenvalue weighted by molar-refractivity contribution is -0.118. The summed E-state index contributed by atoms with van der Waals surface area (Å²) in [6.07, 6.45) is -0.775. The highest BCUT2D eigenvalue weighted by molar-refractivity contribution is 7.21. The lowest BCUT2D eigenvalue weighted by atomic mass is 10.1. The van der Waals surface area contributed by atoms with Crippen LogP contribution in [0.2, 0.25) is 0 Å². The fraction of sp³-hybridized carbons (Fsp3) is 0.280. The number of anilines is 2. The molecule has 2 atom stereocenters. The fourth-order valence-corrected chi connectivity index (χ4v) is 5.86. The van der Waals surface area contributed by atoms with E-state index < -0.39 is 12.1 Å². The Labute approximate surface area is 216 Å². The number of nitrogens with zero attached hydrogens (tertiary/aromatic N) is 3. The second kappa shape index (κ2) is 10.2. The Morgan fingerprint density at radius 1 is 1.14 bits per heavy atom. The summed E-state index contributed by atoms with van der Waals surface area (Å²) in [5.41, 5.74) is 2.96. The number of hydrogen-bond acceptors (Lipinski definition) is 10. The molecule has 11 heteroatoms. The molecule has 3 heterocycles. The van der Waals surface area contributed by atoms with Crippen LogP contribution in [0.15, 0.2) is 53.1 Å². The van der Waals surface area contributed by atoms with Gasteiger partial charge >= 0.3 is 0 Å². The van der Waals surface area contributed by atoms with E-state index in [4.69, 9.17) is 15.0 Å². The summed E-state index contributed by atoms with van der Waals surface area (Å²) in [6, 6.07) is 11.4. The molecule has 4 aromatic rings. The molecule has 36 heavy (non-hydrogen) atoms. The first-order valence-electron chi connectivity index (χ1n) is 11.5. The van der Waals surface area contributed by atoms with E-state index in [1.54, 1.807) is 22.7 Å². The SMILES string of the molecule is CC(=O)NCC1=C(O)[C@@H](O)[C@H](Nc2nc(NCc3cccs3)nc(C)c2-c2nc3ccccc3s2)C1. The van der Waals surface area contributed by atoms with Crippen LogP contribution in [0.1, 0.15) is 23.9 Å². The third-order valence-electron chi connectivity index (χ3n) is 5.96. The van der Waals surface area contributed by atoms with Crippen LogP contribution < -0.4 is 16.0 Å². The van der Waals surface area contributed by atoms with Gasteiger partial charge in [-0.15, -0.1) is 22.7 Å². The maximum atomic E-state index is 11.3. The zero-order chi connectivity index (χ0) is 25.2. The van der Waals surface area contributed by atoms with Crippen LogP contribution in [0.25, 0.3) is 20.8 Å². The van der Waals surface area contributed by atoms with Crippen molar-refractivity contribution in [3.05, 3.63) is 63.7 Å². The number of benzene rings is 1. The number of hydrogen-bond donors (Lipinski definition) is 5. The average molecular weight is 523 g/mol. The van der Waals surface area contributed by atoms with Gasteiger partial charge in [-0.1, -0.05) is 18.2 Å². The molecular weight excluding hydrogens is 496 g/mol. The van der Waals surface area contributed by atoms with Crippen LogP contribution >= 0.6 is 22.7 Å². The van der Waals surface area contributed by atoms with Gasteiger partial charge in [0.1, 0.15) is 22.7 Å². The molecule has 0 bridgehead atoms. The fourth-order valence-electron chi connectivity index (χ4n) is 4.15. The largest absolute Gasteiger partial charge is 0.509 e. The Hall–Kier alpha value is -3.54. The maximum absolute atomic E-state index is 11.3. The summed E-state index contributed by atoms with van der Waals surface area (Å²) >= 11 is 3.20. The van der Waals surface area contributed by atoms with Gasteiger partial charge in [-0.3, -0.25) is 4.79 Å². The normalized spacial score (nSPS) is 17.5. The van der Waals surface area contributed by atoms with Crippen LogP contribution in [0.5, 0.6) is 0 Å². The molecule has 0 radical (unpaired) electrons. The number of thiophene rings is 1. The van der Waals surface area contributed by atoms with Crippen molar-refractivity contribution in [3.8, 4) is 10.6 Å². The van der Waals surface area contributed by atoms with Gasteiger partial charge in [-0.05, 0) is 42.5 Å². The molecule has 5 rings (SSSR count). The number of aryl methyl sites for hydroxylation is 1. The molecule has 0 unspecified atom stereocenters. The van der Waals surface area contributed by atoms with Crippen molar-refractivity contribution in [1.29, 1.82) is 0 Å². The molecule has 186 valence electrons. The Bertz CT molecular complexity index is 1400. The number of aliphatic hydroxyl groups is 2. The first-order chi connectivity index (χ1) is 17.4. The van der Waals surface area contributed by atoms with Crippen LogP contribution in [-0.4, -0.2) is 49.8 Å². The van der Waals surface area contributed by atoms with Gasteiger partial charge in [0.05, 0.1) is 34.1 Å². The molecule has 0 fully saturated rings. The van der Waals surface area contributed by atoms with Crippen LogP contribution in [0.4, 0.5) is 11.8 Å². The highest BCUT2D eigenvalue weighted by Crippen LogP contribution is 2.38. The zero-order valence-electron chi connectivity index (χ0n) is 19.8. The first kappa shape index (κ1) is 24.2. The van der Waals surface area contributed by atoms with Crippen molar-refractivity contribution in [1.82, 2.24) is 20.3 Å². The Balaban J connectivity index is 1.48. The van der Waals surface area contributed by atoms with E-state index in [1.807, 2.05) is 48.7 Å². The number of aliphatic hydroxyl groups excluding tert-OH is 2. The molecule has 1 aliphatic rings. The van der Waals surface area contributed by atoms with Gasteiger partial charge in [0.25, 0.3) is 0 Å². The van der Waals surface area contributed by atoms with E-state index in [0.29, 0.717) is 30.3 Å². The van der Waals surface area contributed by atoms with E-state index in [-0.39, 0.29) is 18.2 Å². The molecule has 5 N–H and O–H groups in total. The number of nitrogens with one attached hydrogen (secondary N) is 3. The van der Waals surface area contributed by atoms with Crippen molar-refractivity contribution in [3.63, 3.8) is 0 Å². The Morgan fingerprint density at radius 3 is 2.72 bits per heavy atom. The van der Waals surface area contributed by atoms with Gasteiger partial charge in [0.2, 0.25) is 11.9 Å². The minimum atomic E-state index is -1.13. The number of aromatic nitrogens is 3. The number of para-hydroxylation sites is 1. The topological polar surface area (TPSA) is 132 Å². The quantitative estimate of drug-likeness (QED) is 0.232. The third kappa shape index (κ3) is 5.03. The second-order valence-corrected chi connectivity index (χ2v) is 10.6. The number of rotatable bonds is 8. The minimum absolute atomic E-state index is 0.121. The number of thiazole rings is 1. The van der Waals surface area contributed by atoms with Crippen molar-refractivity contribution >= 4 is 50.6 Å². The van der Waals surface area contributed by atoms with Gasteiger partial charge in [0.15, 0.2) is 0 Å². The number of carbonyl (C=O) groups is 1. The zero-order valence-corrected chi connectivity index (χ0v) is 21.4. The molecule has 0 saturated carbocycles. The highest BCUT2D eigenvalue weighted by atomic mass is 32.1. The van der Waals surface area contributed by atoms with Gasteiger partial charge in [-0.2, -0.15) is 4.98 Å². The first-order valence-corrected chi connectivity index (χ1v) is 13.2. The van der Waals surface area contributed by atoms with Crippen LogP contribution in [0, 0.1) is 6.92 Å². The molecule has 0 saturated heterocycles. The smallest absolute Gasteiger partial charge is 0.225 e. The predicted octanol–water partition coefficient (Wildman–Crippen LogP) is 4.23. The molecular formula is C25H26N6O3S2. The van der Waals surface area contributed by atoms with Crippen LogP contribution in [-0.2, 0) is 11.3 Å². The van der Waals surface area contributed by atoms with Gasteiger partial charge in [-0.25, -0.2) is 9.97 Å². The standard InChI is InChI=1S/C25H26N6O3S2/c1-13-20(24-30-17-7-3-4-8-19(17)36-24)23(31-25(28-13)27-12-16-6-5-9-35-16)29-18-10-15(11-26-14(2)32)21(33)22(18)34/h3-9,18,22,33-34H,10-12H2,1-2H3,(H,26,32)(H2,27,28,29,31)/t18-,22+/m1/s1. The molecule has 1 amide bonds.